The molecule has 0 atom stereocenters. The zero-order chi connectivity index (χ0) is 28.3. The molecule has 7 aromatic carbocycles. The highest BCUT2D eigenvalue weighted by atomic mass is 16.3. The van der Waals surface area contributed by atoms with Crippen LogP contribution in [0.4, 0.5) is 0 Å². The predicted molar refractivity (Wildman–Crippen MR) is 175 cm³/mol. The minimum Gasteiger partial charge on any atom is -0.456 e. The monoisotopic (exact) mass is 549 g/mol. The number of aromatic nitrogens is 3. The topological polar surface area (TPSA) is 51.8 Å². The fourth-order valence-electron chi connectivity index (χ4n) is 6.28. The van der Waals surface area contributed by atoms with E-state index in [1.807, 2.05) is 60.7 Å². The number of rotatable bonds is 4. The molecule has 0 bridgehead atoms. The first-order valence-corrected chi connectivity index (χ1v) is 14.4. The van der Waals surface area contributed by atoms with Gasteiger partial charge in [0.1, 0.15) is 11.2 Å². The van der Waals surface area contributed by atoms with Crippen LogP contribution in [0.2, 0.25) is 0 Å². The molecule has 43 heavy (non-hydrogen) atoms. The summed E-state index contributed by atoms with van der Waals surface area (Å²) < 4.78 is 6.46. The van der Waals surface area contributed by atoms with E-state index in [1.54, 1.807) is 0 Å². The Bertz CT molecular complexity index is 2390. The lowest BCUT2D eigenvalue weighted by Gasteiger charge is -2.11. The van der Waals surface area contributed by atoms with Crippen molar-refractivity contribution in [3.8, 4) is 45.3 Å². The van der Waals surface area contributed by atoms with Crippen LogP contribution in [0.1, 0.15) is 0 Å². The molecule has 0 spiro atoms. The first-order chi connectivity index (χ1) is 21.3. The Morgan fingerprint density at radius 3 is 1.53 bits per heavy atom. The zero-order valence-corrected chi connectivity index (χ0v) is 23.0. The van der Waals surface area contributed by atoms with Crippen molar-refractivity contribution < 1.29 is 4.42 Å². The molecular weight excluding hydrogens is 526 g/mol. The fraction of sp³-hybridized carbons (Fsp3) is 0. The predicted octanol–water partition coefficient (Wildman–Crippen LogP) is 10.2. The van der Waals surface area contributed by atoms with Gasteiger partial charge in [0.05, 0.1) is 0 Å². The van der Waals surface area contributed by atoms with Crippen LogP contribution in [0.5, 0.6) is 0 Å². The van der Waals surface area contributed by atoms with E-state index < -0.39 is 0 Å². The van der Waals surface area contributed by atoms with Gasteiger partial charge in [0.25, 0.3) is 0 Å². The smallest absolute Gasteiger partial charge is 0.164 e. The lowest BCUT2D eigenvalue weighted by molar-refractivity contribution is 0.669. The third-order valence-corrected chi connectivity index (χ3v) is 8.26. The number of fused-ring (bicyclic) bond motifs is 3. The number of benzene rings is 7. The third-order valence-electron chi connectivity index (χ3n) is 8.26. The fourth-order valence-corrected chi connectivity index (χ4v) is 6.28. The highest BCUT2D eigenvalue weighted by Crippen LogP contribution is 2.44. The van der Waals surface area contributed by atoms with Crippen molar-refractivity contribution in [2.75, 3.05) is 0 Å². The molecule has 0 saturated carbocycles. The van der Waals surface area contributed by atoms with Gasteiger partial charge >= 0.3 is 0 Å². The van der Waals surface area contributed by atoms with E-state index in [-0.39, 0.29) is 0 Å². The molecule has 4 nitrogen and oxygen atoms in total. The first kappa shape index (κ1) is 23.8. The van der Waals surface area contributed by atoms with Crippen LogP contribution in [0.25, 0.3) is 88.8 Å². The number of furan rings is 1. The molecule has 0 radical (unpaired) electrons. The Hall–Kier alpha value is -5.87. The average Bonchev–Trinajstić information content (AvgIpc) is 3.47. The van der Waals surface area contributed by atoms with Gasteiger partial charge < -0.3 is 4.42 Å². The van der Waals surface area contributed by atoms with Gasteiger partial charge in [-0.05, 0) is 56.9 Å². The number of hydrogen-bond acceptors (Lipinski definition) is 4. The lowest BCUT2D eigenvalue weighted by atomic mass is 9.92. The van der Waals surface area contributed by atoms with Crippen LogP contribution in [-0.2, 0) is 0 Å². The van der Waals surface area contributed by atoms with E-state index in [1.165, 1.54) is 32.3 Å². The van der Waals surface area contributed by atoms with Gasteiger partial charge in [0, 0.05) is 27.5 Å². The molecule has 4 heteroatoms. The standard InChI is InChI=1S/C39H23N3O/c1-3-11-24(12-4-1)37-40-38(25-13-5-2-6-14-25)42-39(41-37)27-16-9-15-26(21-27)28-22-32-30-18-8-7-17-29(30)31-19-10-20-33-35(31)36(32)34(23-28)43-33/h1-23H. The second kappa shape index (κ2) is 9.33. The lowest BCUT2D eigenvalue weighted by Crippen LogP contribution is -2.00. The highest BCUT2D eigenvalue weighted by Gasteiger charge is 2.19. The molecular formula is C39H23N3O. The molecule has 0 aliphatic carbocycles. The highest BCUT2D eigenvalue weighted by molar-refractivity contribution is 6.33. The molecule has 200 valence electrons. The minimum atomic E-state index is 0.635. The van der Waals surface area contributed by atoms with E-state index >= 15 is 0 Å². The molecule has 9 rings (SSSR count). The Balaban J connectivity index is 1.25. The number of nitrogens with zero attached hydrogens (tertiary/aromatic N) is 3. The maximum absolute atomic E-state index is 6.46. The van der Waals surface area contributed by atoms with Gasteiger partial charge in [-0.3, -0.25) is 0 Å². The van der Waals surface area contributed by atoms with Crippen LogP contribution in [0.3, 0.4) is 0 Å². The maximum atomic E-state index is 6.46. The molecule has 0 aliphatic rings. The molecule has 0 amide bonds. The summed E-state index contributed by atoms with van der Waals surface area (Å²) >= 11 is 0. The van der Waals surface area contributed by atoms with Crippen molar-refractivity contribution in [1.29, 1.82) is 0 Å². The molecule has 0 saturated heterocycles. The summed E-state index contributed by atoms with van der Waals surface area (Å²) in [6, 6.07) is 48.0. The van der Waals surface area contributed by atoms with Crippen LogP contribution >= 0.6 is 0 Å². The number of hydrogen-bond donors (Lipinski definition) is 0. The van der Waals surface area contributed by atoms with E-state index in [4.69, 9.17) is 19.4 Å². The zero-order valence-electron chi connectivity index (χ0n) is 23.0. The average molecular weight is 550 g/mol. The second-order valence-corrected chi connectivity index (χ2v) is 10.8. The summed E-state index contributed by atoms with van der Waals surface area (Å²) in [5.41, 5.74) is 6.80. The second-order valence-electron chi connectivity index (χ2n) is 10.8. The van der Waals surface area contributed by atoms with Gasteiger partial charge in [0.2, 0.25) is 0 Å². The summed E-state index contributed by atoms with van der Waals surface area (Å²) in [7, 11) is 0. The van der Waals surface area contributed by atoms with Crippen molar-refractivity contribution in [3.05, 3.63) is 140 Å². The molecule has 0 unspecified atom stereocenters. The van der Waals surface area contributed by atoms with Crippen LogP contribution in [-0.4, -0.2) is 15.0 Å². The van der Waals surface area contributed by atoms with Crippen molar-refractivity contribution in [2.45, 2.75) is 0 Å². The van der Waals surface area contributed by atoms with Gasteiger partial charge in [-0.15, -0.1) is 0 Å². The molecule has 0 N–H and O–H groups in total. The summed E-state index contributed by atoms with van der Waals surface area (Å²) in [5.74, 6) is 1.93. The van der Waals surface area contributed by atoms with E-state index in [0.717, 1.165) is 39.0 Å². The van der Waals surface area contributed by atoms with Crippen molar-refractivity contribution in [1.82, 2.24) is 15.0 Å². The van der Waals surface area contributed by atoms with Crippen LogP contribution < -0.4 is 0 Å². The van der Waals surface area contributed by atoms with Crippen LogP contribution in [0, 0.1) is 0 Å². The van der Waals surface area contributed by atoms with E-state index in [2.05, 4.69) is 78.9 Å². The normalized spacial score (nSPS) is 11.7. The molecule has 0 aliphatic heterocycles. The van der Waals surface area contributed by atoms with Gasteiger partial charge in [-0.25, -0.2) is 15.0 Å². The Morgan fingerprint density at radius 1 is 0.326 bits per heavy atom. The van der Waals surface area contributed by atoms with Gasteiger partial charge in [-0.1, -0.05) is 115 Å². The first-order valence-electron chi connectivity index (χ1n) is 14.4. The summed E-state index contributed by atoms with van der Waals surface area (Å²) in [6.45, 7) is 0. The van der Waals surface area contributed by atoms with Gasteiger partial charge in [0.15, 0.2) is 17.5 Å². The van der Waals surface area contributed by atoms with Gasteiger partial charge in [-0.2, -0.15) is 0 Å². The quantitative estimate of drug-likeness (QED) is 0.205. The van der Waals surface area contributed by atoms with Crippen LogP contribution in [0.15, 0.2) is 144 Å². The van der Waals surface area contributed by atoms with Crippen molar-refractivity contribution in [2.24, 2.45) is 0 Å². The van der Waals surface area contributed by atoms with Crippen molar-refractivity contribution in [3.63, 3.8) is 0 Å². The third kappa shape index (κ3) is 3.81. The summed E-state index contributed by atoms with van der Waals surface area (Å²) in [5, 5.41) is 7.27. The summed E-state index contributed by atoms with van der Waals surface area (Å²) in [4.78, 5) is 14.7. The SMILES string of the molecule is c1ccc(-c2nc(-c3ccccc3)nc(-c3cccc(-c4cc5oc6cccc7c8ccccc8c(c4)c5c67)c3)n2)cc1. The van der Waals surface area contributed by atoms with E-state index in [9.17, 15) is 0 Å². The Kier molecular flexibility index (Phi) is 5.16. The molecule has 2 heterocycles. The van der Waals surface area contributed by atoms with E-state index in [0.29, 0.717) is 17.5 Å². The van der Waals surface area contributed by atoms with Crippen molar-refractivity contribution >= 4 is 43.5 Å². The Labute approximate surface area is 247 Å². The maximum Gasteiger partial charge on any atom is 0.164 e. The molecule has 0 fully saturated rings. The summed E-state index contributed by atoms with van der Waals surface area (Å²) in [6.07, 6.45) is 0. The minimum absolute atomic E-state index is 0.635. The largest absolute Gasteiger partial charge is 0.456 e. The molecule has 9 aromatic rings. The molecule has 2 aromatic heterocycles. The Morgan fingerprint density at radius 2 is 0.837 bits per heavy atom.